The molecule has 0 aromatic rings. The fourth-order valence-corrected chi connectivity index (χ4v) is 2.03. The lowest BCUT2D eigenvalue weighted by atomic mass is 10.1. The van der Waals surface area contributed by atoms with Gasteiger partial charge in [-0.3, -0.25) is 0 Å². The molecule has 1 N–H and O–H groups in total. The van der Waals surface area contributed by atoms with E-state index in [1.54, 1.807) is 14.2 Å². The molecule has 0 aliphatic heterocycles. The summed E-state index contributed by atoms with van der Waals surface area (Å²) in [5.74, 6) is 0. The summed E-state index contributed by atoms with van der Waals surface area (Å²) in [4.78, 5) is 0. The van der Waals surface area contributed by atoms with Crippen LogP contribution in [0.5, 0.6) is 0 Å². The number of hydrogen-bond acceptors (Lipinski definition) is 4. The molecule has 0 aromatic carbocycles. The minimum Gasteiger partial charge on any atom is -0.394 e. The quantitative estimate of drug-likeness (QED) is 0.496. The smallest absolute Gasteiger partial charge is 0.109 e. The van der Waals surface area contributed by atoms with E-state index in [9.17, 15) is 0 Å². The molecule has 0 saturated heterocycles. The van der Waals surface area contributed by atoms with Crippen molar-refractivity contribution < 1.29 is 19.3 Å². The third-order valence-electron chi connectivity index (χ3n) is 3.37. The van der Waals surface area contributed by atoms with Crippen molar-refractivity contribution in [3.8, 4) is 0 Å². The Morgan fingerprint density at radius 3 is 1.95 bits per heavy atom. The Morgan fingerprint density at radius 2 is 1.42 bits per heavy atom. The van der Waals surface area contributed by atoms with Gasteiger partial charge in [0.25, 0.3) is 0 Å². The standard InChI is InChI=1S/C15H32O4/c1-4-5-6-7-8-9-10-11-19-13-15(18-3)14(12-16)17-2/h14-16H,4-13H2,1-3H3. The molecule has 0 radical (unpaired) electrons. The molecular weight excluding hydrogens is 244 g/mol. The van der Waals surface area contributed by atoms with Gasteiger partial charge >= 0.3 is 0 Å². The van der Waals surface area contributed by atoms with E-state index in [1.165, 1.54) is 38.5 Å². The molecule has 4 nitrogen and oxygen atoms in total. The highest BCUT2D eigenvalue weighted by molar-refractivity contribution is 4.68. The molecule has 0 rings (SSSR count). The van der Waals surface area contributed by atoms with Gasteiger partial charge in [-0.05, 0) is 6.42 Å². The Morgan fingerprint density at radius 1 is 0.842 bits per heavy atom. The third kappa shape index (κ3) is 10.3. The molecule has 0 aromatic heterocycles. The maximum atomic E-state index is 9.11. The highest BCUT2D eigenvalue weighted by atomic mass is 16.6. The molecule has 0 saturated carbocycles. The molecule has 116 valence electrons. The SMILES string of the molecule is CCCCCCCCCOCC(OC)C(CO)OC. The van der Waals surface area contributed by atoms with Crippen LogP contribution in [0.25, 0.3) is 0 Å². The van der Waals surface area contributed by atoms with Gasteiger partial charge in [0.05, 0.1) is 13.2 Å². The summed E-state index contributed by atoms with van der Waals surface area (Å²) in [6.45, 7) is 3.43. The van der Waals surface area contributed by atoms with E-state index in [1.807, 2.05) is 0 Å². The summed E-state index contributed by atoms with van der Waals surface area (Å²) in [6, 6.07) is 0. The van der Waals surface area contributed by atoms with Gasteiger partial charge in [0, 0.05) is 20.8 Å². The lowest BCUT2D eigenvalue weighted by Crippen LogP contribution is -2.36. The predicted molar refractivity (Wildman–Crippen MR) is 77.5 cm³/mol. The van der Waals surface area contributed by atoms with Crippen LogP contribution in [0.2, 0.25) is 0 Å². The van der Waals surface area contributed by atoms with E-state index >= 15 is 0 Å². The largest absolute Gasteiger partial charge is 0.394 e. The van der Waals surface area contributed by atoms with Gasteiger partial charge in [-0.15, -0.1) is 0 Å². The van der Waals surface area contributed by atoms with Crippen LogP contribution in [0.15, 0.2) is 0 Å². The molecule has 2 atom stereocenters. The fourth-order valence-electron chi connectivity index (χ4n) is 2.03. The van der Waals surface area contributed by atoms with Crippen LogP contribution < -0.4 is 0 Å². The minimum atomic E-state index is -0.306. The Kier molecular flexibility index (Phi) is 14.1. The van der Waals surface area contributed by atoms with Crippen molar-refractivity contribution in [3.05, 3.63) is 0 Å². The summed E-state index contributed by atoms with van der Waals surface area (Å²) in [6.07, 6.45) is 8.47. The Balaban J connectivity index is 3.41. The first-order chi connectivity index (χ1) is 9.29. The number of rotatable bonds is 14. The monoisotopic (exact) mass is 276 g/mol. The van der Waals surface area contributed by atoms with Crippen LogP contribution in [-0.2, 0) is 14.2 Å². The summed E-state index contributed by atoms with van der Waals surface area (Å²) < 4.78 is 16.0. The van der Waals surface area contributed by atoms with Gasteiger partial charge in [-0.1, -0.05) is 45.4 Å². The second kappa shape index (κ2) is 14.3. The summed E-state index contributed by atoms with van der Waals surface area (Å²) in [5, 5.41) is 9.11. The Bertz CT molecular complexity index is 172. The maximum Gasteiger partial charge on any atom is 0.109 e. The number of unbranched alkanes of at least 4 members (excludes halogenated alkanes) is 6. The number of ether oxygens (including phenoxy) is 3. The van der Waals surface area contributed by atoms with Crippen molar-refractivity contribution in [1.29, 1.82) is 0 Å². The van der Waals surface area contributed by atoms with Gasteiger partial charge in [0.1, 0.15) is 12.2 Å². The first-order valence-corrected chi connectivity index (χ1v) is 7.54. The third-order valence-corrected chi connectivity index (χ3v) is 3.37. The van der Waals surface area contributed by atoms with Gasteiger partial charge in [0.2, 0.25) is 0 Å². The lowest BCUT2D eigenvalue weighted by Gasteiger charge is -2.22. The molecule has 0 aliphatic carbocycles. The normalized spacial score (nSPS) is 14.5. The van der Waals surface area contributed by atoms with Crippen molar-refractivity contribution in [2.75, 3.05) is 34.0 Å². The molecule has 0 aliphatic rings. The topological polar surface area (TPSA) is 47.9 Å². The summed E-state index contributed by atoms with van der Waals surface area (Å²) in [7, 11) is 3.19. The van der Waals surface area contributed by atoms with Crippen LogP contribution in [0.3, 0.4) is 0 Å². The predicted octanol–water partition coefficient (Wildman–Crippen LogP) is 2.78. The van der Waals surface area contributed by atoms with E-state index in [0.717, 1.165) is 13.0 Å². The molecule has 0 spiro atoms. The zero-order chi connectivity index (χ0) is 14.3. The van der Waals surface area contributed by atoms with Crippen molar-refractivity contribution >= 4 is 0 Å². The molecule has 0 fully saturated rings. The highest BCUT2D eigenvalue weighted by Gasteiger charge is 2.20. The molecule has 0 amide bonds. The number of aliphatic hydroxyl groups excluding tert-OH is 1. The van der Waals surface area contributed by atoms with E-state index < -0.39 is 0 Å². The molecule has 2 unspecified atom stereocenters. The number of hydrogen-bond donors (Lipinski definition) is 1. The van der Waals surface area contributed by atoms with E-state index in [-0.39, 0.29) is 18.8 Å². The van der Waals surface area contributed by atoms with Crippen molar-refractivity contribution in [3.63, 3.8) is 0 Å². The van der Waals surface area contributed by atoms with Crippen molar-refractivity contribution in [1.82, 2.24) is 0 Å². The zero-order valence-corrected chi connectivity index (χ0v) is 12.9. The number of methoxy groups -OCH3 is 2. The Hall–Kier alpha value is -0.160. The molecule has 0 bridgehead atoms. The molecular formula is C15H32O4. The minimum absolute atomic E-state index is 0.0458. The molecule has 19 heavy (non-hydrogen) atoms. The first-order valence-electron chi connectivity index (χ1n) is 7.54. The van der Waals surface area contributed by atoms with Crippen LogP contribution >= 0.6 is 0 Å². The summed E-state index contributed by atoms with van der Waals surface area (Å²) >= 11 is 0. The highest BCUT2D eigenvalue weighted by Crippen LogP contribution is 2.08. The van der Waals surface area contributed by atoms with Gasteiger partial charge in [0.15, 0.2) is 0 Å². The molecule has 4 heteroatoms. The van der Waals surface area contributed by atoms with Crippen molar-refractivity contribution in [2.45, 2.75) is 64.1 Å². The second-order valence-corrected chi connectivity index (χ2v) is 4.93. The Labute approximate surface area is 118 Å². The maximum absolute atomic E-state index is 9.11. The van der Waals surface area contributed by atoms with Crippen LogP contribution in [0, 0.1) is 0 Å². The van der Waals surface area contributed by atoms with E-state index in [2.05, 4.69) is 6.92 Å². The lowest BCUT2D eigenvalue weighted by molar-refractivity contribution is -0.0919. The zero-order valence-electron chi connectivity index (χ0n) is 12.9. The average Bonchev–Trinajstić information content (AvgIpc) is 2.44. The fraction of sp³-hybridized carbons (Fsp3) is 1.00. The van der Waals surface area contributed by atoms with Gasteiger partial charge in [-0.25, -0.2) is 0 Å². The van der Waals surface area contributed by atoms with E-state index in [0.29, 0.717) is 6.61 Å². The van der Waals surface area contributed by atoms with Crippen LogP contribution in [-0.4, -0.2) is 51.4 Å². The first kappa shape index (κ1) is 18.8. The summed E-state index contributed by atoms with van der Waals surface area (Å²) in [5.41, 5.74) is 0. The average molecular weight is 276 g/mol. The molecule has 0 heterocycles. The van der Waals surface area contributed by atoms with E-state index in [4.69, 9.17) is 19.3 Å². The number of aliphatic hydroxyl groups is 1. The van der Waals surface area contributed by atoms with Crippen molar-refractivity contribution in [2.24, 2.45) is 0 Å². The van der Waals surface area contributed by atoms with Crippen LogP contribution in [0.1, 0.15) is 51.9 Å². The van der Waals surface area contributed by atoms with Crippen LogP contribution in [0.4, 0.5) is 0 Å². The van der Waals surface area contributed by atoms with Gasteiger partial charge in [-0.2, -0.15) is 0 Å². The van der Waals surface area contributed by atoms with Gasteiger partial charge < -0.3 is 19.3 Å². The second-order valence-electron chi connectivity index (χ2n) is 4.93.